The number of rotatable bonds is 5. The molecule has 0 bridgehead atoms. The Morgan fingerprint density at radius 1 is 1.23 bits per heavy atom. The fraction of sp³-hybridized carbons (Fsp3) is 0.238. The van der Waals surface area contributed by atoms with E-state index in [-0.39, 0.29) is 17.9 Å². The molecule has 3 heterocycles. The van der Waals surface area contributed by atoms with Crippen LogP contribution in [0.5, 0.6) is 0 Å². The third-order valence-corrected chi connectivity index (χ3v) is 5.28. The number of carbonyl (C=O) groups excluding carboxylic acids is 2. The summed E-state index contributed by atoms with van der Waals surface area (Å²) in [5, 5.41) is 17.7. The van der Waals surface area contributed by atoms with E-state index in [1.165, 1.54) is 4.90 Å². The van der Waals surface area contributed by atoms with Crippen LogP contribution >= 0.6 is 0 Å². The molecular formula is C21H21N5O4. The summed E-state index contributed by atoms with van der Waals surface area (Å²) in [7, 11) is 3.32. The van der Waals surface area contributed by atoms with Crippen molar-refractivity contribution in [3.05, 3.63) is 53.9 Å². The number of hydrogen-bond acceptors (Lipinski definition) is 7. The Bertz CT molecular complexity index is 1140. The number of aliphatic hydroxyl groups is 1. The molecule has 0 spiro atoms. The Morgan fingerprint density at radius 2 is 1.97 bits per heavy atom. The van der Waals surface area contributed by atoms with Gasteiger partial charge in [0, 0.05) is 44.3 Å². The van der Waals surface area contributed by atoms with Crippen molar-refractivity contribution in [2.45, 2.75) is 12.0 Å². The van der Waals surface area contributed by atoms with E-state index in [0.717, 1.165) is 5.56 Å². The number of primary amides is 1. The SMILES string of the molecule is CNc1ccc(-c2cccc(-c3cc(C4(O)CCN(C)C4=O)on3)c2)nc1C(N)=O. The normalized spacial score (nSPS) is 18.6. The van der Waals surface area contributed by atoms with Crippen LogP contribution in [-0.2, 0) is 10.4 Å². The largest absolute Gasteiger partial charge is 0.386 e. The lowest BCUT2D eigenvalue weighted by Crippen LogP contribution is -2.35. The molecule has 30 heavy (non-hydrogen) atoms. The third-order valence-electron chi connectivity index (χ3n) is 5.28. The van der Waals surface area contributed by atoms with E-state index >= 15 is 0 Å². The van der Waals surface area contributed by atoms with Gasteiger partial charge in [0.25, 0.3) is 11.8 Å². The topological polar surface area (TPSA) is 135 Å². The van der Waals surface area contributed by atoms with Gasteiger partial charge in [0.05, 0.1) is 11.4 Å². The quantitative estimate of drug-likeness (QED) is 0.585. The summed E-state index contributed by atoms with van der Waals surface area (Å²) in [5.74, 6) is -0.922. The molecule has 1 aliphatic heterocycles. The first-order valence-electron chi connectivity index (χ1n) is 9.38. The lowest BCUT2D eigenvalue weighted by molar-refractivity contribution is -0.144. The van der Waals surface area contributed by atoms with E-state index < -0.39 is 17.4 Å². The zero-order valence-electron chi connectivity index (χ0n) is 16.5. The average molecular weight is 407 g/mol. The van der Waals surface area contributed by atoms with Crippen LogP contribution in [0.1, 0.15) is 22.7 Å². The van der Waals surface area contributed by atoms with Crippen LogP contribution in [0.3, 0.4) is 0 Å². The van der Waals surface area contributed by atoms with E-state index in [0.29, 0.717) is 29.2 Å². The number of nitrogens with one attached hydrogen (secondary N) is 1. The highest BCUT2D eigenvalue weighted by Gasteiger charge is 2.48. The van der Waals surface area contributed by atoms with Crippen molar-refractivity contribution in [3.8, 4) is 22.5 Å². The lowest BCUT2D eigenvalue weighted by Gasteiger charge is -2.16. The predicted molar refractivity (Wildman–Crippen MR) is 109 cm³/mol. The van der Waals surface area contributed by atoms with Crippen LogP contribution in [-0.4, -0.2) is 52.6 Å². The zero-order valence-corrected chi connectivity index (χ0v) is 16.5. The molecule has 3 aromatic rings. The first-order valence-corrected chi connectivity index (χ1v) is 9.38. The molecule has 1 fully saturated rings. The Labute approximate surface area is 172 Å². The van der Waals surface area contributed by atoms with Crippen LogP contribution in [0.4, 0.5) is 5.69 Å². The Hall–Kier alpha value is -3.72. The number of likely N-dealkylation sites (tertiary alicyclic amines) is 1. The lowest BCUT2D eigenvalue weighted by atomic mass is 9.97. The maximum absolute atomic E-state index is 12.3. The number of benzene rings is 1. The van der Waals surface area contributed by atoms with Crippen molar-refractivity contribution in [3.63, 3.8) is 0 Å². The van der Waals surface area contributed by atoms with E-state index in [1.807, 2.05) is 24.3 Å². The van der Waals surface area contributed by atoms with Crippen LogP contribution < -0.4 is 11.1 Å². The number of hydrogen-bond donors (Lipinski definition) is 3. The minimum absolute atomic E-state index is 0.116. The molecule has 0 saturated carbocycles. The molecule has 154 valence electrons. The highest BCUT2D eigenvalue weighted by molar-refractivity contribution is 5.97. The standard InChI is InChI=1S/C21H21N5O4/c1-23-15-7-6-14(24-18(15)19(22)27)12-4-3-5-13(10-12)16-11-17(30-25-16)21(29)8-9-26(2)20(21)28/h3-7,10-11,23,29H,8-9H2,1-2H3,(H2,22,27). The van der Waals surface area contributed by atoms with Crippen molar-refractivity contribution >= 4 is 17.5 Å². The molecule has 1 aliphatic rings. The molecule has 4 N–H and O–H groups in total. The number of aromatic nitrogens is 2. The summed E-state index contributed by atoms with van der Waals surface area (Å²) < 4.78 is 5.32. The molecule has 9 nitrogen and oxygen atoms in total. The van der Waals surface area contributed by atoms with Gasteiger partial charge in [0.15, 0.2) is 11.5 Å². The number of anilines is 1. The van der Waals surface area contributed by atoms with Gasteiger partial charge in [0.1, 0.15) is 5.69 Å². The molecule has 1 aromatic carbocycles. The molecule has 1 saturated heterocycles. The smallest absolute Gasteiger partial charge is 0.269 e. The molecule has 1 unspecified atom stereocenters. The number of amides is 2. The Balaban J connectivity index is 1.69. The summed E-state index contributed by atoms with van der Waals surface area (Å²) in [6.07, 6.45) is 0.245. The van der Waals surface area contributed by atoms with Gasteiger partial charge in [-0.25, -0.2) is 4.98 Å². The number of nitrogens with zero attached hydrogens (tertiary/aromatic N) is 3. The van der Waals surface area contributed by atoms with Crippen LogP contribution in [0.2, 0.25) is 0 Å². The summed E-state index contributed by atoms with van der Waals surface area (Å²) in [6, 6.07) is 12.4. The zero-order chi connectivity index (χ0) is 21.5. The number of carbonyl (C=O) groups is 2. The van der Waals surface area contributed by atoms with E-state index in [1.54, 1.807) is 32.3 Å². The second-order valence-corrected chi connectivity index (χ2v) is 7.20. The van der Waals surface area contributed by atoms with Gasteiger partial charge in [-0.15, -0.1) is 0 Å². The van der Waals surface area contributed by atoms with Crippen LogP contribution in [0, 0.1) is 0 Å². The van der Waals surface area contributed by atoms with Crippen molar-refractivity contribution < 1.29 is 19.2 Å². The molecule has 4 rings (SSSR count). The molecule has 1 atom stereocenters. The van der Waals surface area contributed by atoms with Gasteiger partial charge in [-0.1, -0.05) is 23.4 Å². The highest BCUT2D eigenvalue weighted by Crippen LogP contribution is 2.35. The fourth-order valence-corrected chi connectivity index (χ4v) is 3.54. The predicted octanol–water partition coefficient (Wildman–Crippen LogP) is 1.59. The van der Waals surface area contributed by atoms with E-state index in [9.17, 15) is 14.7 Å². The maximum atomic E-state index is 12.3. The van der Waals surface area contributed by atoms with Gasteiger partial charge >= 0.3 is 0 Å². The van der Waals surface area contributed by atoms with Gasteiger partial charge < -0.3 is 25.6 Å². The number of likely N-dealkylation sites (N-methyl/N-ethyl adjacent to an activating group) is 1. The molecule has 0 radical (unpaired) electrons. The average Bonchev–Trinajstić information content (AvgIpc) is 3.36. The monoisotopic (exact) mass is 407 g/mol. The molecule has 9 heteroatoms. The maximum Gasteiger partial charge on any atom is 0.269 e. The summed E-state index contributed by atoms with van der Waals surface area (Å²) in [4.78, 5) is 29.8. The first kappa shape index (κ1) is 19.6. The summed E-state index contributed by atoms with van der Waals surface area (Å²) in [5.41, 5.74) is 6.94. The molecule has 2 aromatic heterocycles. The molecule has 0 aliphatic carbocycles. The second kappa shape index (κ2) is 7.27. The molecular weight excluding hydrogens is 386 g/mol. The number of nitrogens with two attached hydrogens (primary N) is 1. The van der Waals surface area contributed by atoms with Gasteiger partial charge in [-0.3, -0.25) is 9.59 Å². The Morgan fingerprint density at radius 3 is 2.60 bits per heavy atom. The van der Waals surface area contributed by atoms with Gasteiger partial charge in [0.2, 0.25) is 5.60 Å². The Kier molecular flexibility index (Phi) is 4.75. The minimum atomic E-state index is -1.70. The van der Waals surface area contributed by atoms with Crippen LogP contribution in [0.25, 0.3) is 22.5 Å². The van der Waals surface area contributed by atoms with Crippen LogP contribution in [0.15, 0.2) is 47.0 Å². The fourth-order valence-electron chi connectivity index (χ4n) is 3.54. The van der Waals surface area contributed by atoms with Crippen molar-refractivity contribution in [2.24, 2.45) is 5.73 Å². The number of pyridine rings is 1. The van der Waals surface area contributed by atoms with Crippen molar-refractivity contribution in [1.82, 2.24) is 15.0 Å². The third kappa shape index (κ3) is 3.18. The molecule has 2 amide bonds. The first-order chi connectivity index (χ1) is 14.3. The van der Waals surface area contributed by atoms with Crippen molar-refractivity contribution in [2.75, 3.05) is 26.0 Å². The van der Waals surface area contributed by atoms with E-state index in [2.05, 4.69) is 15.5 Å². The van der Waals surface area contributed by atoms with E-state index in [4.69, 9.17) is 10.3 Å². The van der Waals surface area contributed by atoms with Gasteiger partial charge in [-0.05, 0) is 18.2 Å². The highest BCUT2D eigenvalue weighted by atomic mass is 16.5. The minimum Gasteiger partial charge on any atom is -0.386 e. The van der Waals surface area contributed by atoms with Gasteiger partial charge in [-0.2, -0.15) is 0 Å². The summed E-state index contributed by atoms with van der Waals surface area (Å²) in [6.45, 7) is 0.442. The second-order valence-electron chi connectivity index (χ2n) is 7.20. The van der Waals surface area contributed by atoms with Crippen molar-refractivity contribution in [1.29, 1.82) is 0 Å². The summed E-state index contributed by atoms with van der Waals surface area (Å²) >= 11 is 0.